The van der Waals surface area contributed by atoms with Gasteiger partial charge in [-0.25, -0.2) is 14.2 Å². The molecule has 0 aliphatic carbocycles. The number of urea groups is 1. The lowest BCUT2D eigenvalue weighted by molar-refractivity contribution is 0.122. The van der Waals surface area contributed by atoms with Crippen LogP contribution in [0.2, 0.25) is 0 Å². The molecule has 2 aliphatic heterocycles. The zero-order chi connectivity index (χ0) is 19.8. The highest BCUT2D eigenvalue weighted by Crippen LogP contribution is 2.28. The van der Waals surface area contributed by atoms with Crippen molar-refractivity contribution in [1.29, 1.82) is 0 Å². The zero-order valence-electron chi connectivity index (χ0n) is 15.7. The number of carbonyl (C=O) groups is 1. The number of carbonyl (C=O) groups excluding carboxylic acids is 1. The molecular weight excluding hydrogens is 375 g/mol. The highest BCUT2D eigenvalue weighted by atomic mass is 19.1. The molecule has 5 rings (SSSR count). The van der Waals surface area contributed by atoms with E-state index in [-0.39, 0.29) is 11.8 Å². The van der Waals surface area contributed by atoms with Crippen molar-refractivity contribution in [3.63, 3.8) is 0 Å². The average molecular weight is 394 g/mol. The quantitative estimate of drug-likeness (QED) is 0.679. The molecule has 2 aliphatic rings. The summed E-state index contributed by atoms with van der Waals surface area (Å²) in [6.45, 7) is 3.48. The molecule has 1 aromatic carbocycles. The first-order chi connectivity index (χ1) is 14.2. The number of halogens is 1. The smallest absolute Gasteiger partial charge is 0.331 e. The third-order valence-corrected chi connectivity index (χ3v) is 5.11. The van der Waals surface area contributed by atoms with Gasteiger partial charge in [-0.3, -0.25) is 14.8 Å². The SMILES string of the molecule is O=C1N(c2cccc(F)c2)CCN1c1nc(N2CCOCC2)c2ncccc2n1. The van der Waals surface area contributed by atoms with Crippen LogP contribution < -0.4 is 14.7 Å². The van der Waals surface area contributed by atoms with E-state index in [1.807, 2.05) is 12.1 Å². The number of pyridine rings is 1. The maximum atomic E-state index is 13.6. The number of amides is 2. The third kappa shape index (κ3) is 3.23. The standard InChI is InChI=1S/C20H19FN6O2/c21-14-3-1-4-15(13-14)26-7-8-27(20(26)28)19-23-16-5-2-6-22-17(16)18(24-19)25-9-11-29-12-10-25/h1-6,13H,7-12H2. The van der Waals surface area contributed by atoms with E-state index in [1.54, 1.807) is 18.3 Å². The fourth-order valence-corrected chi connectivity index (χ4v) is 3.66. The van der Waals surface area contributed by atoms with Gasteiger partial charge in [-0.2, -0.15) is 4.98 Å². The van der Waals surface area contributed by atoms with Crippen molar-refractivity contribution in [3.05, 3.63) is 48.4 Å². The molecule has 2 aromatic heterocycles. The minimum Gasteiger partial charge on any atom is -0.378 e. The van der Waals surface area contributed by atoms with Crippen LogP contribution >= 0.6 is 0 Å². The van der Waals surface area contributed by atoms with Crippen molar-refractivity contribution in [3.8, 4) is 0 Å². The van der Waals surface area contributed by atoms with E-state index in [2.05, 4.69) is 14.9 Å². The minimum absolute atomic E-state index is 0.272. The number of hydrogen-bond acceptors (Lipinski definition) is 6. The van der Waals surface area contributed by atoms with Crippen LogP contribution in [0.4, 0.5) is 26.6 Å². The van der Waals surface area contributed by atoms with Crippen LogP contribution in [0.5, 0.6) is 0 Å². The largest absolute Gasteiger partial charge is 0.378 e. The molecule has 4 heterocycles. The molecule has 8 nitrogen and oxygen atoms in total. The van der Waals surface area contributed by atoms with Gasteiger partial charge in [-0.05, 0) is 30.3 Å². The third-order valence-electron chi connectivity index (χ3n) is 5.11. The Hall–Kier alpha value is -3.33. The molecule has 0 atom stereocenters. The molecule has 0 N–H and O–H groups in total. The van der Waals surface area contributed by atoms with Gasteiger partial charge in [0.25, 0.3) is 0 Å². The Kier molecular flexibility index (Phi) is 4.44. The lowest BCUT2D eigenvalue weighted by atomic mass is 10.3. The Morgan fingerprint density at radius 1 is 0.966 bits per heavy atom. The predicted molar refractivity (Wildman–Crippen MR) is 107 cm³/mol. The van der Waals surface area contributed by atoms with Crippen LogP contribution in [0, 0.1) is 5.82 Å². The second-order valence-electron chi connectivity index (χ2n) is 6.88. The summed E-state index contributed by atoms with van der Waals surface area (Å²) in [4.78, 5) is 32.0. The maximum Gasteiger partial charge on any atom is 0.331 e. The van der Waals surface area contributed by atoms with Gasteiger partial charge in [0.2, 0.25) is 5.95 Å². The van der Waals surface area contributed by atoms with Crippen molar-refractivity contribution in [2.24, 2.45) is 0 Å². The van der Waals surface area contributed by atoms with Gasteiger partial charge in [0.1, 0.15) is 11.3 Å². The molecule has 2 amide bonds. The molecule has 3 aromatic rings. The average Bonchev–Trinajstić information content (AvgIpc) is 3.15. The summed E-state index contributed by atoms with van der Waals surface area (Å²) >= 11 is 0. The van der Waals surface area contributed by atoms with E-state index in [1.165, 1.54) is 21.9 Å². The monoisotopic (exact) mass is 394 g/mol. The number of rotatable bonds is 3. The summed E-state index contributed by atoms with van der Waals surface area (Å²) in [7, 11) is 0. The summed E-state index contributed by atoms with van der Waals surface area (Å²) in [6.07, 6.45) is 1.71. The van der Waals surface area contributed by atoms with Crippen LogP contribution in [0.3, 0.4) is 0 Å². The molecule has 148 valence electrons. The summed E-state index contributed by atoms with van der Waals surface area (Å²) in [5.74, 6) is 0.651. The predicted octanol–water partition coefficient (Wildman–Crippen LogP) is 2.45. The number of hydrogen-bond donors (Lipinski definition) is 0. The first-order valence-corrected chi connectivity index (χ1v) is 9.51. The van der Waals surface area contributed by atoms with Gasteiger partial charge in [-0.15, -0.1) is 0 Å². The molecule has 2 fully saturated rings. The molecule has 0 saturated carbocycles. The Balaban J connectivity index is 1.52. The first kappa shape index (κ1) is 17.7. The van der Waals surface area contributed by atoms with Crippen molar-refractivity contribution in [2.75, 3.05) is 54.1 Å². The van der Waals surface area contributed by atoms with E-state index in [9.17, 15) is 9.18 Å². The van der Waals surface area contributed by atoms with Gasteiger partial charge < -0.3 is 9.64 Å². The molecular formula is C20H19FN6O2. The lowest BCUT2D eigenvalue weighted by Crippen LogP contribution is -2.38. The molecule has 2 saturated heterocycles. The van der Waals surface area contributed by atoms with E-state index in [0.717, 1.165) is 0 Å². The molecule has 0 bridgehead atoms. The minimum atomic E-state index is -0.378. The van der Waals surface area contributed by atoms with E-state index < -0.39 is 0 Å². The van der Waals surface area contributed by atoms with Gasteiger partial charge in [0, 0.05) is 38.1 Å². The highest BCUT2D eigenvalue weighted by molar-refractivity contribution is 6.05. The number of ether oxygens (including phenoxy) is 1. The second kappa shape index (κ2) is 7.25. The number of nitrogens with zero attached hydrogens (tertiary/aromatic N) is 6. The van der Waals surface area contributed by atoms with Gasteiger partial charge in [0.05, 0.1) is 18.7 Å². The summed E-state index contributed by atoms with van der Waals surface area (Å²) in [6, 6.07) is 9.42. The molecule has 29 heavy (non-hydrogen) atoms. The molecule has 0 unspecified atom stereocenters. The van der Waals surface area contributed by atoms with Gasteiger partial charge in [0.15, 0.2) is 5.82 Å². The van der Waals surface area contributed by atoms with Crippen LogP contribution in [-0.4, -0.2) is 60.4 Å². The fourth-order valence-electron chi connectivity index (χ4n) is 3.66. The number of morpholine rings is 1. The fraction of sp³-hybridized carbons (Fsp3) is 0.300. The highest BCUT2D eigenvalue weighted by Gasteiger charge is 2.33. The van der Waals surface area contributed by atoms with Crippen LogP contribution in [0.15, 0.2) is 42.6 Å². The van der Waals surface area contributed by atoms with Crippen molar-refractivity contribution >= 4 is 34.5 Å². The van der Waals surface area contributed by atoms with E-state index >= 15 is 0 Å². The van der Waals surface area contributed by atoms with Crippen molar-refractivity contribution < 1.29 is 13.9 Å². The Morgan fingerprint density at radius 3 is 2.62 bits per heavy atom. The Bertz CT molecular complexity index is 1070. The summed E-state index contributed by atoms with van der Waals surface area (Å²) in [5.41, 5.74) is 1.90. The van der Waals surface area contributed by atoms with Crippen LogP contribution in [0.25, 0.3) is 11.0 Å². The second-order valence-corrected chi connectivity index (χ2v) is 6.88. The van der Waals surface area contributed by atoms with Gasteiger partial charge in [-0.1, -0.05) is 6.07 Å². The van der Waals surface area contributed by atoms with Crippen LogP contribution in [-0.2, 0) is 4.74 Å². The van der Waals surface area contributed by atoms with Gasteiger partial charge >= 0.3 is 6.03 Å². The van der Waals surface area contributed by atoms with E-state index in [4.69, 9.17) is 9.72 Å². The molecule has 9 heteroatoms. The normalized spacial score (nSPS) is 17.4. The molecule has 0 spiro atoms. The topological polar surface area (TPSA) is 74.7 Å². The summed E-state index contributed by atoms with van der Waals surface area (Å²) in [5, 5.41) is 0. The maximum absolute atomic E-state index is 13.6. The van der Waals surface area contributed by atoms with Crippen molar-refractivity contribution in [1.82, 2.24) is 15.0 Å². The molecule has 0 radical (unpaired) electrons. The first-order valence-electron chi connectivity index (χ1n) is 9.51. The van der Waals surface area contributed by atoms with E-state index in [0.29, 0.717) is 67.9 Å². The number of fused-ring (bicyclic) bond motifs is 1. The van der Waals surface area contributed by atoms with Crippen LogP contribution in [0.1, 0.15) is 0 Å². The zero-order valence-corrected chi connectivity index (χ0v) is 15.7. The lowest BCUT2D eigenvalue weighted by Gasteiger charge is -2.29. The number of anilines is 3. The van der Waals surface area contributed by atoms with Crippen molar-refractivity contribution in [2.45, 2.75) is 0 Å². The Morgan fingerprint density at radius 2 is 1.79 bits per heavy atom. The number of benzene rings is 1. The number of aromatic nitrogens is 3. The Labute approximate surface area is 166 Å². The summed E-state index contributed by atoms with van der Waals surface area (Å²) < 4.78 is 19.0.